The van der Waals surface area contributed by atoms with Crippen LogP contribution in [0.4, 0.5) is 0 Å². The fraction of sp³-hybridized carbons (Fsp3) is 0.227. The van der Waals surface area contributed by atoms with Gasteiger partial charge in [-0.25, -0.2) is 5.48 Å². The SMILES string of the molecule is O=C(C=Cc1ccc2c(c1)C(=O)CC1(CCN(C(=O)c3ccccc3)C1)O2)NO. The number of nitrogens with zero attached hydrogens (tertiary/aromatic N) is 1. The smallest absolute Gasteiger partial charge is 0.267 e. The van der Waals surface area contributed by atoms with E-state index >= 15 is 0 Å². The summed E-state index contributed by atoms with van der Waals surface area (Å²) in [4.78, 5) is 38.4. The predicted octanol–water partition coefficient (Wildman–Crippen LogP) is 2.46. The maximum Gasteiger partial charge on any atom is 0.267 e. The minimum absolute atomic E-state index is 0.0536. The second kappa shape index (κ2) is 7.52. The Labute approximate surface area is 167 Å². The number of carbonyl (C=O) groups excluding carboxylic acids is 3. The lowest BCUT2D eigenvalue weighted by molar-refractivity contribution is -0.124. The zero-order valence-electron chi connectivity index (χ0n) is 15.6. The van der Waals surface area contributed by atoms with Gasteiger partial charge in [0.15, 0.2) is 5.78 Å². The first-order valence-electron chi connectivity index (χ1n) is 9.32. The molecule has 1 saturated heterocycles. The highest BCUT2D eigenvalue weighted by Gasteiger charge is 2.47. The molecule has 1 fully saturated rings. The molecule has 2 aromatic carbocycles. The molecule has 148 valence electrons. The maximum atomic E-state index is 12.8. The Morgan fingerprint density at radius 3 is 2.72 bits per heavy atom. The second-order valence-corrected chi connectivity index (χ2v) is 7.29. The summed E-state index contributed by atoms with van der Waals surface area (Å²) in [7, 11) is 0. The van der Waals surface area contributed by atoms with E-state index in [-0.39, 0.29) is 18.1 Å². The average molecular weight is 392 g/mol. The van der Waals surface area contributed by atoms with Crippen LogP contribution in [0.3, 0.4) is 0 Å². The van der Waals surface area contributed by atoms with Crippen molar-refractivity contribution in [3.63, 3.8) is 0 Å². The molecule has 1 unspecified atom stereocenters. The van der Waals surface area contributed by atoms with Crippen molar-refractivity contribution in [2.45, 2.75) is 18.4 Å². The van der Waals surface area contributed by atoms with Gasteiger partial charge in [-0.3, -0.25) is 19.6 Å². The van der Waals surface area contributed by atoms with E-state index in [2.05, 4.69) is 0 Å². The Balaban J connectivity index is 1.52. The molecule has 0 aliphatic carbocycles. The van der Waals surface area contributed by atoms with Crippen LogP contribution in [0.1, 0.15) is 39.1 Å². The molecule has 2 amide bonds. The molecule has 0 saturated carbocycles. The zero-order valence-corrected chi connectivity index (χ0v) is 15.6. The molecule has 2 heterocycles. The molecule has 4 rings (SSSR count). The van der Waals surface area contributed by atoms with Crippen LogP contribution in [0.2, 0.25) is 0 Å². The number of ketones is 1. The van der Waals surface area contributed by atoms with Crippen molar-refractivity contribution in [3.05, 3.63) is 71.3 Å². The Morgan fingerprint density at radius 1 is 1.17 bits per heavy atom. The number of hydroxylamine groups is 1. The van der Waals surface area contributed by atoms with Gasteiger partial charge in [0.2, 0.25) is 0 Å². The third kappa shape index (κ3) is 3.77. The van der Waals surface area contributed by atoms with Gasteiger partial charge in [0.1, 0.15) is 11.4 Å². The summed E-state index contributed by atoms with van der Waals surface area (Å²) in [5.41, 5.74) is 2.53. The minimum atomic E-state index is -0.706. The Bertz CT molecular complexity index is 1000. The quantitative estimate of drug-likeness (QED) is 0.475. The molecule has 29 heavy (non-hydrogen) atoms. The van der Waals surface area contributed by atoms with E-state index in [0.717, 1.165) is 0 Å². The van der Waals surface area contributed by atoms with Gasteiger partial charge >= 0.3 is 0 Å². The van der Waals surface area contributed by atoms with Crippen LogP contribution in [-0.2, 0) is 4.79 Å². The van der Waals surface area contributed by atoms with E-state index in [0.29, 0.717) is 42.0 Å². The first-order chi connectivity index (χ1) is 14.0. The number of fused-ring (bicyclic) bond motifs is 1. The molecule has 1 atom stereocenters. The normalized spacial score (nSPS) is 20.6. The highest BCUT2D eigenvalue weighted by Crippen LogP contribution is 2.39. The van der Waals surface area contributed by atoms with E-state index in [1.54, 1.807) is 35.2 Å². The Hall–Kier alpha value is -3.45. The van der Waals surface area contributed by atoms with Crippen LogP contribution in [0, 0.1) is 0 Å². The number of hydrogen-bond donors (Lipinski definition) is 2. The van der Waals surface area contributed by atoms with Gasteiger partial charge in [0, 0.05) is 24.6 Å². The van der Waals surface area contributed by atoms with E-state index in [1.165, 1.54) is 17.6 Å². The molecular weight excluding hydrogens is 372 g/mol. The lowest BCUT2D eigenvalue weighted by Crippen LogP contribution is -2.45. The fourth-order valence-corrected chi connectivity index (χ4v) is 3.83. The molecule has 1 spiro atoms. The van der Waals surface area contributed by atoms with Gasteiger partial charge < -0.3 is 9.64 Å². The molecule has 2 aliphatic rings. The first kappa shape index (κ1) is 18.9. The fourth-order valence-electron chi connectivity index (χ4n) is 3.83. The average Bonchev–Trinajstić information content (AvgIpc) is 3.15. The Kier molecular flexibility index (Phi) is 4.90. The molecule has 0 aromatic heterocycles. The Morgan fingerprint density at radius 2 is 1.97 bits per heavy atom. The molecule has 2 aromatic rings. The van der Waals surface area contributed by atoms with Crippen LogP contribution in [0.5, 0.6) is 5.75 Å². The standard InChI is InChI=1S/C22H20N2O5/c25-18-13-22(10-11-24(14-22)21(27)16-4-2-1-3-5-16)29-19-8-6-15(12-17(18)19)7-9-20(26)23-28/h1-9,12,28H,10-11,13-14H2,(H,23,26). The molecule has 2 aliphatic heterocycles. The van der Waals surface area contributed by atoms with Crippen molar-refractivity contribution in [3.8, 4) is 5.75 Å². The lowest BCUT2D eigenvalue weighted by atomic mass is 9.88. The van der Waals surface area contributed by atoms with Crippen LogP contribution >= 0.6 is 0 Å². The third-order valence-electron chi connectivity index (χ3n) is 5.27. The number of carbonyl (C=O) groups is 3. The van der Waals surface area contributed by atoms with Crippen molar-refractivity contribution >= 4 is 23.7 Å². The van der Waals surface area contributed by atoms with Gasteiger partial charge in [-0.15, -0.1) is 0 Å². The molecule has 0 bridgehead atoms. The molecule has 7 heteroatoms. The minimum Gasteiger partial charge on any atom is -0.484 e. The number of amides is 2. The summed E-state index contributed by atoms with van der Waals surface area (Å²) in [5, 5.41) is 8.55. The highest BCUT2D eigenvalue weighted by atomic mass is 16.5. The summed E-state index contributed by atoms with van der Waals surface area (Å²) in [6, 6.07) is 14.2. The first-order valence-corrected chi connectivity index (χ1v) is 9.32. The summed E-state index contributed by atoms with van der Waals surface area (Å²) in [6.45, 7) is 0.900. The van der Waals surface area contributed by atoms with Crippen molar-refractivity contribution < 1.29 is 24.3 Å². The van der Waals surface area contributed by atoms with Gasteiger partial charge in [-0.1, -0.05) is 24.3 Å². The monoisotopic (exact) mass is 392 g/mol. The van der Waals surface area contributed by atoms with Crippen molar-refractivity contribution in [1.29, 1.82) is 0 Å². The van der Waals surface area contributed by atoms with E-state index in [1.807, 2.05) is 18.2 Å². The topological polar surface area (TPSA) is 95.9 Å². The van der Waals surface area contributed by atoms with Crippen molar-refractivity contribution in [2.24, 2.45) is 0 Å². The van der Waals surface area contributed by atoms with Gasteiger partial charge in [0.25, 0.3) is 11.8 Å². The van der Waals surface area contributed by atoms with Gasteiger partial charge in [-0.2, -0.15) is 0 Å². The number of rotatable bonds is 3. The molecule has 2 N–H and O–H groups in total. The van der Waals surface area contributed by atoms with E-state index in [9.17, 15) is 14.4 Å². The highest BCUT2D eigenvalue weighted by molar-refractivity contribution is 6.01. The van der Waals surface area contributed by atoms with E-state index in [4.69, 9.17) is 9.94 Å². The molecule has 0 radical (unpaired) electrons. The van der Waals surface area contributed by atoms with E-state index < -0.39 is 11.5 Å². The number of ether oxygens (including phenoxy) is 1. The number of likely N-dealkylation sites (tertiary alicyclic amines) is 1. The van der Waals surface area contributed by atoms with Crippen LogP contribution in [-0.4, -0.2) is 46.4 Å². The zero-order chi connectivity index (χ0) is 20.4. The van der Waals surface area contributed by atoms with Gasteiger partial charge in [-0.05, 0) is 35.9 Å². The largest absolute Gasteiger partial charge is 0.484 e. The summed E-state index contributed by atoms with van der Waals surface area (Å²) in [5.74, 6) is -0.286. The van der Waals surface area contributed by atoms with Crippen LogP contribution in [0.15, 0.2) is 54.6 Å². The number of benzene rings is 2. The predicted molar refractivity (Wildman–Crippen MR) is 105 cm³/mol. The molecular formula is C22H20N2O5. The molecule has 7 nitrogen and oxygen atoms in total. The summed E-state index contributed by atoms with van der Waals surface area (Å²) >= 11 is 0. The van der Waals surface area contributed by atoms with Crippen molar-refractivity contribution in [1.82, 2.24) is 10.4 Å². The summed E-state index contributed by atoms with van der Waals surface area (Å²) < 4.78 is 6.21. The number of Topliss-reactive ketones (excluding diaryl/α,β-unsaturated/α-hetero) is 1. The van der Waals surface area contributed by atoms with Crippen LogP contribution < -0.4 is 10.2 Å². The lowest BCUT2D eigenvalue weighted by Gasteiger charge is -2.34. The van der Waals surface area contributed by atoms with Crippen LogP contribution in [0.25, 0.3) is 6.08 Å². The van der Waals surface area contributed by atoms with Gasteiger partial charge in [0.05, 0.1) is 18.5 Å². The summed E-state index contributed by atoms with van der Waals surface area (Å²) in [6.07, 6.45) is 3.46. The second-order valence-electron chi connectivity index (χ2n) is 7.29. The third-order valence-corrected chi connectivity index (χ3v) is 5.27. The number of nitrogens with one attached hydrogen (secondary N) is 1. The number of hydrogen-bond acceptors (Lipinski definition) is 5. The maximum absolute atomic E-state index is 12.8. The van der Waals surface area contributed by atoms with Crippen molar-refractivity contribution in [2.75, 3.05) is 13.1 Å².